The Morgan fingerprint density at radius 3 is 2.85 bits per heavy atom. The van der Waals surface area contributed by atoms with Gasteiger partial charge in [0.05, 0.1) is 11.0 Å². The summed E-state index contributed by atoms with van der Waals surface area (Å²) in [5.41, 5.74) is 0.891. The molecule has 2 aromatic rings. The van der Waals surface area contributed by atoms with Gasteiger partial charge in [0.1, 0.15) is 5.69 Å². The number of anilines is 1. The molecule has 0 spiro atoms. The summed E-state index contributed by atoms with van der Waals surface area (Å²) in [5.74, 6) is 0.977. The van der Waals surface area contributed by atoms with Gasteiger partial charge in [-0.05, 0) is 54.5 Å². The molecule has 2 N–H and O–H groups in total. The molecular formula is C17H22N4O3S2. The highest BCUT2D eigenvalue weighted by molar-refractivity contribution is 7.92. The van der Waals surface area contributed by atoms with Crippen LogP contribution in [0.25, 0.3) is 10.1 Å². The molecule has 4 atom stereocenters. The summed E-state index contributed by atoms with van der Waals surface area (Å²) in [6.45, 7) is 5.40. The number of aromatic nitrogens is 1. The van der Waals surface area contributed by atoms with Gasteiger partial charge in [-0.25, -0.2) is 8.42 Å². The van der Waals surface area contributed by atoms with Crippen molar-refractivity contribution in [1.29, 1.82) is 0 Å². The van der Waals surface area contributed by atoms with Crippen LogP contribution in [0.4, 0.5) is 5.69 Å². The Hall–Kier alpha value is -1.71. The summed E-state index contributed by atoms with van der Waals surface area (Å²) >= 11 is 1.20. The van der Waals surface area contributed by atoms with E-state index in [1.807, 2.05) is 0 Å². The zero-order valence-corrected chi connectivity index (χ0v) is 16.4. The van der Waals surface area contributed by atoms with Crippen molar-refractivity contribution in [3.8, 4) is 0 Å². The molecule has 1 amide bonds. The molecule has 5 rings (SSSR count). The largest absolute Gasteiger partial charge is 0.346 e. The minimum atomic E-state index is -3.33. The third-order valence-electron chi connectivity index (χ3n) is 5.33. The smallest absolute Gasteiger partial charge is 0.271 e. The van der Waals surface area contributed by atoms with Crippen molar-refractivity contribution in [2.75, 3.05) is 30.6 Å². The Bertz CT molecular complexity index is 956. The van der Waals surface area contributed by atoms with Crippen LogP contribution in [0.5, 0.6) is 0 Å². The van der Waals surface area contributed by atoms with E-state index in [-0.39, 0.29) is 11.9 Å². The molecule has 1 aromatic heterocycles. The summed E-state index contributed by atoms with van der Waals surface area (Å²) in [6, 6.07) is 5.29. The van der Waals surface area contributed by atoms with Crippen LogP contribution in [-0.2, 0) is 10.0 Å². The monoisotopic (exact) mass is 394 g/mol. The lowest BCUT2D eigenvalue weighted by atomic mass is 9.77. The Kier molecular flexibility index (Phi) is 4.40. The molecule has 7 nitrogen and oxygen atoms in total. The highest BCUT2D eigenvalue weighted by atomic mass is 32.2. The van der Waals surface area contributed by atoms with E-state index >= 15 is 0 Å². The molecule has 2 unspecified atom stereocenters. The molecule has 3 aliphatic rings. The van der Waals surface area contributed by atoms with Gasteiger partial charge in [0.25, 0.3) is 5.91 Å². The van der Waals surface area contributed by atoms with E-state index in [1.165, 1.54) is 11.5 Å². The fraction of sp³-hybridized carbons (Fsp3) is 0.529. The van der Waals surface area contributed by atoms with Gasteiger partial charge in [0, 0.05) is 30.2 Å². The first-order chi connectivity index (χ1) is 12.3. The molecule has 0 radical (unpaired) electrons. The third-order valence-corrected chi connectivity index (χ3v) is 6.75. The van der Waals surface area contributed by atoms with Crippen molar-refractivity contribution in [2.45, 2.75) is 19.4 Å². The Labute approximate surface area is 157 Å². The molecule has 3 fully saturated rings. The molecule has 3 saturated heterocycles. The number of fused-ring (bicyclic) bond motifs is 4. The van der Waals surface area contributed by atoms with Gasteiger partial charge < -0.3 is 10.2 Å². The topological polar surface area (TPSA) is 91.4 Å². The summed E-state index contributed by atoms with van der Waals surface area (Å²) in [6.07, 6.45) is 2.24. The second kappa shape index (κ2) is 6.47. The first kappa shape index (κ1) is 17.7. The Morgan fingerprint density at radius 1 is 1.35 bits per heavy atom. The summed E-state index contributed by atoms with van der Waals surface area (Å²) in [4.78, 5) is 15.2. The average molecular weight is 395 g/mol. The normalized spacial score (nSPS) is 28.2. The molecule has 2 bridgehead atoms. The number of amides is 1. The highest BCUT2D eigenvalue weighted by Crippen LogP contribution is 2.33. The first-order valence-corrected chi connectivity index (χ1v) is 11.4. The van der Waals surface area contributed by atoms with Gasteiger partial charge in [0.2, 0.25) is 10.0 Å². The molecule has 9 heteroatoms. The molecular weight excluding hydrogens is 372 g/mol. The van der Waals surface area contributed by atoms with Gasteiger partial charge in [-0.1, -0.05) is 6.92 Å². The minimum absolute atomic E-state index is 0.147. The van der Waals surface area contributed by atoms with Crippen LogP contribution in [-0.4, -0.2) is 55.5 Å². The lowest BCUT2D eigenvalue weighted by Gasteiger charge is -2.48. The SMILES string of the molecule is C[C@H]1CN2CCC1[C@@H](NC(=O)c1nsc3cc(NS(C)(=O)=O)ccc13)C2. The van der Waals surface area contributed by atoms with Crippen molar-refractivity contribution in [2.24, 2.45) is 11.8 Å². The number of carbonyl (C=O) groups excluding carboxylic acids is 1. The number of nitrogens with zero attached hydrogens (tertiary/aromatic N) is 2. The van der Waals surface area contributed by atoms with Gasteiger partial charge in [-0.3, -0.25) is 9.52 Å². The van der Waals surface area contributed by atoms with Gasteiger partial charge in [-0.2, -0.15) is 4.37 Å². The van der Waals surface area contributed by atoms with Crippen molar-refractivity contribution >= 4 is 43.2 Å². The molecule has 4 heterocycles. The maximum atomic E-state index is 12.8. The van der Waals surface area contributed by atoms with E-state index in [4.69, 9.17) is 0 Å². The molecule has 3 aliphatic heterocycles. The maximum Gasteiger partial charge on any atom is 0.271 e. The van der Waals surface area contributed by atoms with Gasteiger partial charge >= 0.3 is 0 Å². The quantitative estimate of drug-likeness (QED) is 0.824. The Morgan fingerprint density at radius 2 is 2.15 bits per heavy atom. The summed E-state index contributed by atoms with van der Waals surface area (Å²) < 4.78 is 30.3. The number of carbonyl (C=O) groups is 1. The van der Waals surface area contributed by atoms with E-state index in [0.717, 1.165) is 42.4 Å². The predicted octanol–water partition coefficient (Wildman–Crippen LogP) is 1.74. The van der Waals surface area contributed by atoms with E-state index in [1.54, 1.807) is 18.2 Å². The summed E-state index contributed by atoms with van der Waals surface area (Å²) in [5, 5.41) is 3.93. The number of benzene rings is 1. The van der Waals surface area contributed by atoms with E-state index in [9.17, 15) is 13.2 Å². The second-order valence-electron chi connectivity index (χ2n) is 7.39. The van der Waals surface area contributed by atoms with Crippen LogP contribution in [0.3, 0.4) is 0 Å². The molecule has 0 saturated carbocycles. The number of rotatable bonds is 4. The van der Waals surface area contributed by atoms with Crippen LogP contribution in [0.15, 0.2) is 18.2 Å². The zero-order chi connectivity index (χ0) is 18.5. The molecule has 1 aromatic carbocycles. The van der Waals surface area contributed by atoms with E-state index in [0.29, 0.717) is 23.2 Å². The fourth-order valence-electron chi connectivity index (χ4n) is 4.20. The first-order valence-electron chi connectivity index (χ1n) is 8.70. The van der Waals surface area contributed by atoms with Crippen molar-refractivity contribution < 1.29 is 13.2 Å². The lowest BCUT2D eigenvalue weighted by Crippen LogP contribution is -2.60. The van der Waals surface area contributed by atoms with Crippen molar-refractivity contribution in [3.05, 3.63) is 23.9 Å². The van der Waals surface area contributed by atoms with Crippen LogP contribution in [0.1, 0.15) is 23.8 Å². The standard InChI is InChI=1S/C17H22N4O3S2/c1-10-8-21-6-5-12(10)14(9-21)18-17(22)16-13-4-3-11(20-26(2,23)24)7-15(13)25-19-16/h3-4,7,10,12,14,20H,5-6,8-9H2,1-2H3,(H,18,22)/t10-,12?,14-/m0/s1. The van der Waals surface area contributed by atoms with Crippen LogP contribution in [0.2, 0.25) is 0 Å². The highest BCUT2D eigenvalue weighted by Gasteiger charge is 2.39. The van der Waals surface area contributed by atoms with E-state index in [2.05, 4.69) is 26.2 Å². The third kappa shape index (κ3) is 3.43. The van der Waals surface area contributed by atoms with Crippen LogP contribution < -0.4 is 10.0 Å². The molecule has 26 heavy (non-hydrogen) atoms. The van der Waals surface area contributed by atoms with Gasteiger partial charge in [-0.15, -0.1) is 0 Å². The van der Waals surface area contributed by atoms with Crippen LogP contribution in [0, 0.1) is 11.8 Å². The van der Waals surface area contributed by atoms with E-state index < -0.39 is 10.0 Å². The number of sulfonamides is 1. The fourth-order valence-corrected chi connectivity index (χ4v) is 5.56. The number of nitrogens with one attached hydrogen (secondary N) is 2. The minimum Gasteiger partial charge on any atom is -0.346 e. The predicted molar refractivity (Wildman–Crippen MR) is 103 cm³/mol. The van der Waals surface area contributed by atoms with Gasteiger partial charge in [0.15, 0.2) is 0 Å². The Balaban J connectivity index is 1.54. The second-order valence-corrected chi connectivity index (χ2v) is 9.94. The van der Waals surface area contributed by atoms with Crippen LogP contribution >= 0.6 is 11.5 Å². The average Bonchev–Trinajstić information content (AvgIpc) is 2.96. The molecule has 0 aliphatic carbocycles. The van der Waals surface area contributed by atoms with Crippen molar-refractivity contribution in [1.82, 2.24) is 14.6 Å². The zero-order valence-electron chi connectivity index (χ0n) is 14.7. The maximum absolute atomic E-state index is 12.8. The lowest BCUT2D eigenvalue weighted by molar-refractivity contribution is 0.0261. The number of piperidine rings is 3. The van der Waals surface area contributed by atoms with Crippen molar-refractivity contribution in [3.63, 3.8) is 0 Å². The molecule has 140 valence electrons. The number of hydrogen-bond acceptors (Lipinski definition) is 6. The summed E-state index contributed by atoms with van der Waals surface area (Å²) in [7, 11) is -3.33. The number of hydrogen-bond donors (Lipinski definition) is 2.